The number of hydrogen-bond donors (Lipinski definition) is 0. The maximum absolute atomic E-state index is 6.79. The van der Waals surface area contributed by atoms with Crippen LogP contribution in [0.25, 0.3) is 172 Å². The van der Waals surface area contributed by atoms with Gasteiger partial charge in [0.2, 0.25) is 11.2 Å². The Morgan fingerprint density at radius 3 is 1.20 bits per heavy atom. The first-order valence-electron chi connectivity index (χ1n) is 37.9. The Labute approximate surface area is 642 Å². The quantitative estimate of drug-likeness (QED) is 0.164. The van der Waals surface area contributed by atoms with Crippen LogP contribution in [0.1, 0.15) is 55.6 Å². The highest BCUT2D eigenvalue weighted by atomic mass is 35.5. The molecule has 111 heavy (non-hydrogen) atoms. The van der Waals surface area contributed by atoms with Crippen LogP contribution in [-0.2, 0) is 17.3 Å². The van der Waals surface area contributed by atoms with E-state index in [4.69, 9.17) is 35.4 Å². The largest absolute Gasteiger partial charge is 0.452 e. The van der Waals surface area contributed by atoms with E-state index in [-0.39, 0.29) is 5.28 Å². The van der Waals surface area contributed by atoms with Gasteiger partial charge in [0.05, 0.1) is 21.9 Å². The van der Waals surface area contributed by atoms with Gasteiger partial charge in [-0.25, -0.2) is 19.9 Å². The van der Waals surface area contributed by atoms with Gasteiger partial charge in [-0.15, -0.1) is 0 Å². The van der Waals surface area contributed by atoms with Crippen molar-refractivity contribution in [3.05, 3.63) is 413 Å². The predicted molar refractivity (Wildman–Crippen MR) is 451 cm³/mol. The number of rotatable bonds is 3. The Balaban J connectivity index is 0.000000111. The van der Waals surface area contributed by atoms with E-state index in [0.29, 0.717) is 22.8 Å². The number of halogens is 1. The minimum absolute atomic E-state index is 0.208. The zero-order chi connectivity index (χ0) is 72.8. The molecular formula is C103H60ClN5O2. The Bertz CT molecular complexity index is 7530. The molecule has 7 nitrogen and oxygen atoms in total. The highest BCUT2D eigenvalue weighted by Gasteiger charge is 2.54. The summed E-state index contributed by atoms with van der Waals surface area (Å²) in [5, 5.41) is 9.51. The molecule has 0 saturated heterocycles. The smallest absolute Gasteiger partial charge is 0.236 e. The van der Waals surface area contributed by atoms with Crippen molar-refractivity contribution in [1.29, 1.82) is 0 Å². The second-order valence-electron chi connectivity index (χ2n) is 29.8. The maximum Gasteiger partial charge on any atom is 0.236 e. The third-order valence-corrected chi connectivity index (χ3v) is 24.5. The fourth-order valence-electron chi connectivity index (χ4n) is 20.0. The minimum Gasteiger partial charge on any atom is -0.452 e. The number of aromatic nitrogens is 5. The number of furan rings is 2. The maximum atomic E-state index is 6.79. The average molecular weight is 1440 g/mol. The molecular weight excluding hydrogens is 1370 g/mol. The molecule has 0 radical (unpaired) electrons. The molecule has 5 aliphatic carbocycles. The number of hydrogen-bond acceptors (Lipinski definition) is 6. The second kappa shape index (κ2) is 23.4. The second-order valence-corrected chi connectivity index (χ2v) is 30.1. The van der Waals surface area contributed by atoms with Crippen LogP contribution in [0.3, 0.4) is 0 Å². The van der Waals surface area contributed by atoms with Gasteiger partial charge in [-0.3, -0.25) is 4.57 Å². The van der Waals surface area contributed by atoms with Crippen LogP contribution in [-0.4, -0.2) is 24.5 Å². The van der Waals surface area contributed by atoms with Gasteiger partial charge < -0.3 is 8.83 Å². The Hall–Kier alpha value is -14.1. The first-order chi connectivity index (χ1) is 55.0. The fraction of sp³-hybridized carbons (Fsp3) is 0.0291. The Morgan fingerprint density at radius 1 is 0.270 bits per heavy atom. The lowest BCUT2D eigenvalue weighted by molar-refractivity contribution is 0.666. The number of para-hydroxylation sites is 3. The van der Waals surface area contributed by atoms with Crippen LogP contribution in [0, 0.1) is 0 Å². The van der Waals surface area contributed by atoms with Gasteiger partial charge >= 0.3 is 0 Å². The highest BCUT2D eigenvalue weighted by Crippen LogP contribution is 2.66. The number of nitrogens with zero attached hydrogens (tertiary/aromatic N) is 5. The number of benzene rings is 16. The Kier molecular flexibility index (Phi) is 13.1. The predicted octanol–water partition coefficient (Wildman–Crippen LogP) is 26.1. The van der Waals surface area contributed by atoms with E-state index >= 15 is 0 Å². The highest BCUT2D eigenvalue weighted by molar-refractivity contribution is 6.29. The monoisotopic (exact) mass is 1430 g/mol. The van der Waals surface area contributed by atoms with Crippen LogP contribution < -0.4 is 0 Å². The third kappa shape index (κ3) is 8.58. The molecule has 0 amide bonds. The van der Waals surface area contributed by atoms with Crippen molar-refractivity contribution in [3.63, 3.8) is 0 Å². The van der Waals surface area contributed by atoms with Crippen LogP contribution in [0.5, 0.6) is 0 Å². The van der Waals surface area contributed by atoms with Crippen molar-refractivity contribution >= 4 is 99.1 Å². The van der Waals surface area contributed by atoms with Gasteiger partial charge in [0.25, 0.3) is 0 Å². The van der Waals surface area contributed by atoms with Gasteiger partial charge in [-0.05, 0) is 199 Å². The summed E-state index contributed by atoms with van der Waals surface area (Å²) in [6, 6.07) is 126. The summed E-state index contributed by atoms with van der Waals surface area (Å²) < 4.78 is 15.4. The zero-order valence-corrected chi connectivity index (χ0v) is 60.4. The molecule has 0 N–H and O–H groups in total. The SMILES string of the molecule is Clc1nc(-c2cccc3c2-c2ccccc2C32c3ccccc3-c3ccccc32)c2oc3ccccc3c2n1.c1ccc2c(c1)-c1ccccc1C21c2ccccc2-c2c(-c3nc(-n4c5ccccc5c5cc6ccccc6cc54)nc4c3oc3ccccc34)cccc21.c1ccc2c(c1)Cc1cc3ccccc3cc1-2. The molecule has 0 unspecified atom stereocenters. The van der Waals surface area contributed by atoms with Crippen LogP contribution in [0.15, 0.2) is 361 Å². The zero-order valence-electron chi connectivity index (χ0n) is 59.6. The lowest BCUT2D eigenvalue weighted by atomic mass is 9.70. The van der Waals surface area contributed by atoms with E-state index in [2.05, 4.69) is 325 Å². The third-order valence-electron chi connectivity index (χ3n) is 24.4. The number of fused-ring (bicyclic) bond motifs is 34. The molecule has 0 aliphatic heterocycles. The first kappa shape index (κ1) is 62.0. The van der Waals surface area contributed by atoms with Crippen LogP contribution in [0.4, 0.5) is 0 Å². The summed E-state index contributed by atoms with van der Waals surface area (Å²) in [6.07, 6.45) is 1.08. The van der Waals surface area contributed by atoms with E-state index in [1.54, 1.807) is 0 Å². The molecule has 5 aliphatic rings. The summed E-state index contributed by atoms with van der Waals surface area (Å²) in [7, 11) is 0. The molecule has 16 aromatic carbocycles. The van der Waals surface area contributed by atoms with Crippen molar-refractivity contribution in [1.82, 2.24) is 24.5 Å². The average Bonchev–Trinajstić information content (AvgIpc) is 1.51. The van der Waals surface area contributed by atoms with Gasteiger partial charge in [-0.1, -0.05) is 303 Å². The minimum atomic E-state index is -0.466. The molecule has 5 aromatic heterocycles. The summed E-state index contributed by atoms with van der Waals surface area (Å²) in [4.78, 5) is 20.4. The molecule has 2 spiro atoms. The fourth-order valence-corrected chi connectivity index (χ4v) is 20.2. The van der Waals surface area contributed by atoms with E-state index < -0.39 is 10.8 Å². The van der Waals surface area contributed by atoms with Crippen molar-refractivity contribution in [2.75, 3.05) is 0 Å². The van der Waals surface area contributed by atoms with E-state index in [9.17, 15) is 0 Å². The molecule has 0 fully saturated rings. The molecule has 8 heteroatoms. The molecule has 26 rings (SSSR count). The van der Waals surface area contributed by atoms with Crippen LogP contribution >= 0.6 is 11.6 Å². The lowest BCUT2D eigenvalue weighted by Gasteiger charge is -2.30. The molecule has 5 heterocycles. The standard InChI is InChI=1S/C51H29N3O.C35H19ClN2O.C17H12/c1-2-15-31-29-44-38(28-30(31)14-1)34-18-6-11-26-43(34)54(44)50-52-47-36-20-7-12-27-45(36)55-49(47)48(53-50)37-21-13-25-42-46(37)35-19-5-10-24-41(35)51(42)39-22-8-3-16-32(39)33-17-4-9-23-40(33)51;36-34-37-31-23-13-4-8-19-29(23)39-33(31)32(38-34)24-14-9-18-28-30(24)22-12-3-7-17-27(22)35(28)25-15-5-1-10-20(25)21-11-2-6-16-26(21)35;1-2-6-13-11-17-15(9-12(13)5-1)10-14-7-3-4-8-16(14)17/h1-29H;1-19H;1-9,11H,10H2. The first-order valence-corrected chi connectivity index (χ1v) is 38.3. The van der Waals surface area contributed by atoms with Crippen molar-refractivity contribution in [2.45, 2.75) is 17.3 Å². The molecule has 516 valence electrons. The van der Waals surface area contributed by atoms with Crippen molar-refractivity contribution in [3.8, 4) is 84.1 Å². The summed E-state index contributed by atoms with van der Waals surface area (Å²) in [6.45, 7) is 0. The van der Waals surface area contributed by atoms with Gasteiger partial charge in [0.15, 0.2) is 11.2 Å². The van der Waals surface area contributed by atoms with Gasteiger partial charge in [0, 0.05) is 32.7 Å². The van der Waals surface area contributed by atoms with Crippen molar-refractivity contribution < 1.29 is 8.83 Å². The van der Waals surface area contributed by atoms with E-state index in [0.717, 1.165) is 72.8 Å². The van der Waals surface area contributed by atoms with E-state index in [1.165, 1.54) is 138 Å². The molecule has 21 aromatic rings. The molecule has 0 atom stereocenters. The van der Waals surface area contributed by atoms with E-state index in [1.807, 2.05) is 36.4 Å². The van der Waals surface area contributed by atoms with Gasteiger partial charge in [-0.2, -0.15) is 0 Å². The Morgan fingerprint density at radius 2 is 0.658 bits per heavy atom. The van der Waals surface area contributed by atoms with Crippen molar-refractivity contribution in [2.24, 2.45) is 0 Å². The topological polar surface area (TPSA) is 82.8 Å². The molecule has 0 bridgehead atoms. The van der Waals surface area contributed by atoms with Crippen LogP contribution in [0.2, 0.25) is 5.28 Å². The van der Waals surface area contributed by atoms with Gasteiger partial charge in [0.1, 0.15) is 33.6 Å². The summed E-state index contributed by atoms with van der Waals surface area (Å²) in [5.41, 5.74) is 35.2. The summed E-state index contributed by atoms with van der Waals surface area (Å²) >= 11 is 6.57. The lowest BCUT2D eigenvalue weighted by Crippen LogP contribution is -2.25. The summed E-state index contributed by atoms with van der Waals surface area (Å²) in [5.74, 6) is 0.616. The molecule has 0 saturated carbocycles. The normalized spacial score (nSPS) is 13.6.